The van der Waals surface area contributed by atoms with Crippen molar-refractivity contribution in [2.45, 2.75) is 6.18 Å². The Morgan fingerprint density at radius 3 is 2.52 bits per heavy atom. The zero-order chi connectivity index (χ0) is 18.0. The van der Waals surface area contributed by atoms with Gasteiger partial charge in [0.15, 0.2) is 6.61 Å². The van der Waals surface area contributed by atoms with Crippen LogP contribution in [0.3, 0.4) is 0 Å². The normalized spacial score (nSPS) is 11.5. The quantitative estimate of drug-likeness (QED) is 0.727. The van der Waals surface area contributed by atoms with Gasteiger partial charge in [-0.25, -0.2) is 9.78 Å². The molecule has 1 aromatic heterocycles. The van der Waals surface area contributed by atoms with E-state index in [4.69, 9.17) is 4.74 Å². The third kappa shape index (κ3) is 3.73. The molecule has 3 rings (SSSR count). The molecule has 2 aromatic carbocycles. The number of carbonyl (C=O) groups excluding carboxylic acids is 1. The molecule has 1 heterocycles. The van der Waals surface area contributed by atoms with Crippen LogP contribution in [-0.2, 0) is 15.7 Å². The van der Waals surface area contributed by atoms with Gasteiger partial charge in [0.1, 0.15) is 11.6 Å². The number of aromatic amines is 1. The van der Waals surface area contributed by atoms with Gasteiger partial charge < -0.3 is 14.5 Å². The number of nitrogens with one attached hydrogen (secondary N) is 1. The van der Waals surface area contributed by atoms with Crippen LogP contribution in [0.1, 0.15) is 5.56 Å². The minimum Gasteiger partial charge on any atom is -0.482 e. The van der Waals surface area contributed by atoms with Crippen molar-refractivity contribution in [3.8, 4) is 17.1 Å². The molecule has 3 aromatic rings. The van der Waals surface area contributed by atoms with Crippen molar-refractivity contribution < 1.29 is 27.4 Å². The maximum absolute atomic E-state index is 12.8. The van der Waals surface area contributed by atoms with E-state index in [1.165, 1.54) is 13.2 Å². The largest absolute Gasteiger partial charge is 0.482 e. The van der Waals surface area contributed by atoms with Crippen LogP contribution >= 0.6 is 0 Å². The number of esters is 1. The van der Waals surface area contributed by atoms with Crippen LogP contribution < -0.4 is 4.74 Å². The number of aromatic nitrogens is 2. The Labute approximate surface area is 140 Å². The maximum atomic E-state index is 12.8. The number of benzene rings is 2. The predicted octanol–water partition coefficient (Wildman–Crippen LogP) is 3.80. The second-order valence-corrected chi connectivity index (χ2v) is 5.20. The molecular weight excluding hydrogens is 337 g/mol. The number of halogens is 3. The van der Waals surface area contributed by atoms with E-state index in [0.717, 1.165) is 12.1 Å². The monoisotopic (exact) mass is 350 g/mol. The van der Waals surface area contributed by atoms with E-state index >= 15 is 0 Å². The summed E-state index contributed by atoms with van der Waals surface area (Å²) < 4.78 is 48.0. The molecule has 0 radical (unpaired) electrons. The van der Waals surface area contributed by atoms with Crippen molar-refractivity contribution in [1.29, 1.82) is 0 Å². The summed E-state index contributed by atoms with van der Waals surface area (Å²) in [7, 11) is 1.26. The molecule has 0 saturated heterocycles. The van der Waals surface area contributed by atoms with E-state index in [1.807, 2.05) is 0 Å². The highest BCUT2D eigenvalue weighted by molar-refractivity contribution is 5.80. The van der Waals surface area contributed by atoms with Gasteiger partial charge in [-0.3, -0.25) is 0 Å². The highest BCUT2D eigenvalue weighted by Crippen LogP contribution is 2.31. The lowest BCUT2D eigenvalue weighted by molar-refractivity contribution is -0.143. The highest BCUT2D eigenvalue weighted by Gasteiger charge is 2.30. The van der Waals surface area contributed by atoms with E-state index in [-0.39, 0.29) is 6.61 Å². The molecule has 0 fully saturated rings. The van der Waals surface area contributed by atoms with Crippen molar-refractivity contribution in [1.82, 2.24) is 9.97 Å². The average molecular weight is 350 g/mol. The van der Waals surface area contributed by atoms with Crippen LogP contribution in [0, 0.1) is 0 Å². The van der Waals surface area contributed by atoms with Crippen molar-refractivity contribution in [2.24, 2.45) is 0 Å². The number of hydrogen-bond acceptors (Lipinski definition) is 4. The second-order valence-electron chi connectivity index (χ2n) is 5.20. The van der Waals surface area contributed by atoms with Crippen LogP contribution in [0.2, 0.25) is 0 Å². The first-order valence-electron chi connectivity index (χ1n) is 7.24. The summed E-state index contributed by atoms with van der Waals surface area (Å²) in [6.45, 7) is -0.208. The van der Waals surface area contributed by atoms with Gasteiger partial charge in [0.25, 0.3) is 0 Å². The first-order valence-corrected chi connectivity index (χ1v) is 7.24. The van der Waals surface area contributed by atoms with Crippen LogP contribution in [0.15, 0.2) is 42.5 Å². The Bertz CT molecular complexity index is 902. The second kappa shape index (κ2) is 6.46. The molecule has 0 bridgehead atoms. The number of rotatable bonds is 4. The number of hydrogen-bond donors (Lipinski definition) is 1. The van der Waals surface area contributed by atoms with E-state index < -0.39 is 17.7 Å². The van der Waals surface area contributed by atoms with Gasteiger partial charge >= 0.3 is 12.1 Å². The van der Waals surface area contributed by atoms with Crippen LogP contribution in [0.4, 0.5) is 13.2 Å². The fraction of sp³-hybridized carbons (Fsp3) is 0.176. The van der Waals surface area contributed by atoms with E-state index in [9.17, 15) is 18.0 Å². The summed E-state index contributed by atoms with van der Waals surface area (Å²) in [6.07, 6.45) is -4.40. The zero-order valence-corrected chi connectivity index (χ0v) is 13.1. The molecule has 0 amide bonds. The third-order valence-electron chi connectivity index (χ3n) is 3.52. The predicted molar refractivity (Wildman–Crippen MR) is 84.0 cm³/mol. The average Bonchev–Trinajstić information content (AvgIpc) is 3.02. The smallest absolute Gasteiger partial charge is 0.416 e. The zero-order valence-electron chi connectivity index (χ0n) is 13.1. The Hall–Kier alpha value is -3.03. The SMILES string of the molecule is COC(=O)COc1ccc(-c2nc3ccc(C(F)(F)F)cc3[nH]2)cc1. The van der Waals surface area contributed by atoms with Crippen LogP contribution in [-0.4, -0.2) is 29.7 Å². The molecule has 5 nitrogen and oxygen atoms in total. The van der Waals surface area contributed by atoms with Gasteiger partial charge in [-0.1, -0.05) is 0 Å². The maximum Gasteiger partial charge on any atom is 0.416 e. The molecule has 0 spiro atoms. The molecule has 8 heteroatoms. The van der Waals surface area contributed by atoms with Crippen molar-refractivity contribution in [3.05, 3.63) is 48.0 Å². The van der Waals surface area contributed by atoms with Crippen molar-refractivity contribution in [3.63, 3.8) is 0 Å². The number of imidazole rings is 1. The van der Waals surface area contributed by atoms with Gasteiger partial charge in [-0.15, -0.1) is 0 Å². The number of H-pyrrole nitrogens is 1. The van der Waals surface area contributed by atoms with Gasteiger partial charge in [-0.2, -0.15) is 13.2 Å². The molecule has 130 valence electrons. The number of ether oxygens (including phenoxy) is 2. The standard InChI is InChI=1S/C17H13F3N2O3/c1-24-15(23)9-25-12-5-2-10(3-6-12)16-21-13-7-4-11(17(18,19)20)8-14(13)22-16/h2-8H,9H2,1H3,(H,21,22). The van der Waals surface area contributed by atoms with Crippen LogP contribution in [0.25, 0.3) is 22.4 Å². The van der Waals surface area contributed by atoms with Gasteiger partial charge in [0.2, 0.25) is 0 Å². The fourth-order valence-electron chi connectivity index (χ4n) is 2.23. The molecule has 25 heavy (non-hydrogen) atoms. The fourth-order valence-corrected chi connectivity index (χ4v) is 2.23. The summed E-state index contributed by atoms with van der Waals surface area (Å²) in [6, 6.07) is 9.99. The summed E-state index contributed by atoms with van der Waals surface area (Å²) in [4.78, 5) is 18.2. The summed E-state index contributed by atoms with van der Waals surface area (Å²) in [5.41, 5.74) is 0.682. The summed E-state index contributed by atoms with van der Waals surface area (Å²) >= 11 is 0. The lowest BCUT2D eigenvalue weighted by atomic mass is 10.2. The lowest BCUT2D eigenvalue weighted by Crippen LogP contribution is -2.12. The molecular formula is C17H13F3N2O3. The van der Waals surface area contributed by atoms with Gasteiger partial charge in [0.05, 0.1) is 23.7 Å². The number of alkyl halides is 3. The van der Waals surface area contributed by atoms with Crippen molar-refractivity contribution >= 4 is 17.0 Å². The first-order chi connectivity index (χ1) is 11.9. The topological polar surface area (TPSA) is 64.2 Å². The number of nitrogens with zero attached hydrogens (tertiary/aromatic N) is 1. The molecule has 1 N–H and O–H groups in total. The molecule has 0 unspecified atom stereocenters. The summed E-state index contributed by atoms with van der Waals surface area (Å²) in [5.74, 6) is 0.403. The molecule has 0 aliphatic rings. The Morgan fingerprint density at radius 2 is 1.88 bits per heavy atom. The van der Waals surface area contributed by atoms with Crippen molar-refractivity contribution in [2.75, 3.05) is 13.7 Å². The molecule has 0 saturated carbocycles. The van der Waals surface area contributed by atoms with E-state index in [2.05, 4.69) is 14.7 Å². The van der Waals surface area contributed by atoms with Gasteiger partial charge in [-0.05, 0) is 42.5 Å². The minimum atomic E-state index is -4.40. The van der Waals surface area contributed by atoms with E-state index in [0.29, 0.717) is 28.2 Å². The Balaban J connectivity index is 1.83. The first kappa shape index (κ1) is 16.8. The molecule has 0 atom stereocenters. The number of fused-ring (bicyclic) bond motifs is 1. The third-order valence-corrected chi connectivity index (χ3v) is 3.52. The number of carbonyl (C=O) groups is 1. The summed E-state index contributed by atoms with van der Waals surface area (Å²) in [5, 5.41) is 0. The lowest BCUT2D eigenvalue weighted by Gasteiger charge is -2.05. The molecule has 0 aliphatic heterocycles. The minimum absolute atomic E-state index is 0.208. The molecule has 0 aliphatic carbocycles. The Kier molecular flexibility index (Phi) is 4.35. The van der Waals surface area contributed by atoms with Gasteiger partial charge in [0, 0.05) is 5.56 Å². The Morgan fingerprint density at radius 1 is 1.16 bits per heavy atom. The van der Waals surface area contributed by atoms with E-state index in [1.54, 1.807) is 24.3 Å². The number of methoxy groups -OCH3 is 1. The van der Waals surface area contributed by atoms with Crippen LogP contribution in [0.5, 0.6) is 5.75 Å². The highest BCUT2D eigenvalue weighted by atomic mass is 19.4.